The molecule has 142 valence electrons. The van der Waals surface area contributed by atoms with Gasteiger partial charge in [0.1, 0.15) is 0 Å². The van der Waals surface area contributed by atoms with E-state index in [4.69, 9.17) is 9.72 Å². The molecule has 0 saturated carbocycles. The molecule has 1 heterocycles. The number of nitrogens with zero attached hydrogens (tertiary/aromatic N) is 1. The second-order valence-electron chi connectivity index (χ2n) is 6.89. The third-order valence-corrected chi connectivity index (χ3v) is 4.83. The maximum Gasteiger partial charge on any atom is 0.339 e. The SMILES string of the molecule is CNC(=O)NC(=O)C(C)OC(=O)c1c2c(nc3ccccc13)CCC(C)C2. The van der Waals surface area contributed by atoms with E-state index in [2.05, 4.69) is 17.6 Å². The van der Waals surface area contributed by atoms with E-state index in [-0.39, 0.29) is 0 Å². The minimum Gasteiger partial charge on any atom is -0.449 e. The Hall–Kier alpha value is -2.96. The number of amides is 3. The highest BCUT2D eigenvalue weighted by Gasteiger charge is 2.28. The number of hydrogen-bond donors (Lipinski definition) is 2. The average molecular weight is 369 g/mol. The molecule has 1 aromatic heterocycles. The van der Waals surface area contributed by atoms with Crippen LogP contribution >= 0.6 is 0 Å². The van der Waals surface area contributed by atoms with Gasteiger partial charge in [-0.25, -0.2) is 9.59 Å². The zero-order chi connectivity index (χ0) is 19.6. The van der Waals surface area contributed by atoms with Crippen molar-refractivity contribution in [1.82, 2.24) is 15.6 Å². The lowest BCUT2D eigenvalue weighted by atomic mass is 9.84. The Bertz CT molecular complexity index is 909. The van der Waals surface area contributed by atoms with Crippen molar-refractivity contribution in [2.24, 2.45) is 5.92 Å². The summed E-state index contributed by atoms with van der Waals surface area (Å²) >= 11 is 0. The Labute approximate surface area is 157 Å². The van der Waals surface area contributed by atoms with E-state index < -0.39 is 24.0 Å². The van der Waals surface area contributed by atoms with E-state index in [0.717, 1.165) is 36.0 Å². The molecule has 2 atom stereocenters. The van der Waals surface area contributed by atoms with Gasteiger partial charge in [0.05, 0.1) is 11.1 Å². The summed E-state index contributed by atoms with van der Waals surface area (Å²) in [6.07, 6.45) is 1.49. The lowest BCUT2D eigenvalue weighted by molar-refractivity contribution is -0.127. The van der Waals surface area contributed by atoms with Gasteiger partial charge in [0.25, 0.3) is 5.91 Å². The molecule has 1 aliphatic rings. The maximum atomic E-state index is 13.0. The van der Waals surface area contributed by atoms with Crippen molar-refractivity contribution in [1.29, 1.82) is 0 Å². The molecule has 0 bridgehead atoms. The van der Waals surface area contributed by atoms with Gasteiger partial charge in [-0.15, -0.1) is 0 Å². The lowest BCUT2D eigenvalue weighted by Gasteiger charge is -2.24. The number of ether oxygens (including phenoxy) is 1. The van der Waals surface area contributed by atoms with Crippen LogP contribution in [-0.2, 0) is 22.4 Å². The lowest BCUT2D eigenvalue weighted by Crippen LogP contribution is -2.43. The van der Waals surface area contributed by atoms with E-state index in [1.165, 1.54) is 14.0 Å². The summed E-state index contributed by atoms with van der Waals surface area (Å²) in [6.45, 7) is 3.58. The van der Waals surface area contributed by atoms with Crippen LogP contribution in [0.15, 0.2) is 24.3 Å². The van der Waals surface area contributed by atoms with E-state index in [1.807, 2.05) is 24.3 Å². The van der Waals surface area contributed by atoms with Crippen LogP contribution < -0.4 is 10.6 Å². The zero-order valence-corrected chi connectivity index (χ0v) is 15.7. The number of benzene rings is 1. The van der Waals surface area contributed by atoms with Gasteiger partial charge in [-0.2, -0.15) is 0 Å². The number of rotatable bonds is 3. The molecule has 2 N–H and O–H groups in total. The first kappa shape index (κ1) is 18.8. The third kappa shape index (κ3) is 3.92. The van der Waals surface area contributed by atoms with Gasteiger partial charge in [-0.3, -0.25) is 15.1 Å². The predicted octanol–water partition coefficient (Wildman–Crippen LogP) is 2.36. The molecule has 7 heteroatoms. The van der Waals surface area contributed by atoms with Gasteiger partial charge in [0.15, 0.2) is 6.10 Å². The van der Waals surface area contributed by atoms with Gasteiger partial charge in [-0.05, 0) is 43.7 Å². The first-order chi connectivity index (χ1) is 12.9. The van der Waals surface area contributed by atoms with Crippen LogP contribution in [0.5, 0.6) is 0 Å². The van der Waals surface area contributed by atoms with Crippen LogP contribution in [0.3, 0.4) is 0 Å². The molecule has 3 amide bonds. The summed E-state index contributed by atoms with van der Waals surface area (Å²) in [5.41, 5.74) is 3.03. The Kier molecular flexibility index (Phi) is 5.39. The number of imide groups is 1. The molecule has 0 radical (unpaired) electrons. The molecule has 7 nitrogen and oxygen atoms in total. The van der Waals surface area contributed by atoms with Crippen molar-refractivity contribution in [3.63, 3.8) is 0 Å². The van der Waals surface area contributed by atoms with Crippen LogP contribution in [0.4, 0.5) is 4.79 Å². The fourth-order valence-corrected chi connectivity index (χ4v) is 3.34. The fourth-order valence-electron chi connectivity index (χ4n) is 3.34. The van der Waals surface area contributed by atoms with E-state index in [1.54, 1.807) is 0 Å². The highest BCUT2D eigenvalue weighted by Crippen LogP contribution is 2.32. The van der Waals surface area contributed by atoms with Crippen LogP contribution in [0, 0.1) is 5.92 Å². The highest BCUT2D eigenvalue weighted by molar-refractivity contribution is 6.06. The van der Waals surface area contributed by atoms with Crippen LogP contribution in [0.2, 0.25) is 0 Å². The summed E-state index contributed by atoms with van der Waals surface area (Å²) in [7, 11) is 1.40. The monoisotopic (exact) mass is 369 g/mol. The van der Waals surface area contributed by atoms with Crippen molar-refractivity contribution in [2.75, 3.05) is 7.05 Å². The number of aryl methyl sites for hydroxylation is 1. The number of hydrogen-bond acceptors (Lipinski definition) is 5. The van der Waals surface area contributed by atoms with Gasteiger partial charge in [-0.1, -0.05) is 25.1 Å². The third-order valence-electron chi connectivity index (χ3n) is 4.83. The minimum absolute atomic E-state index is 0.445. The summed E-state index contributed by atoms with van der Waals surface area (Å²) in [5.74, 6) is -0.803. The minimum atomic E-state index is -1.10. The van der Waals surface area contributed by atoms with Gasteiger partial charge < -0.3 is 10.1 Å². The summed E-state index contributed by atoms with van der Waals surface area (Å²) < 4.78 is 5.39. The molecule has 2 unspecified atom stereocenters. The van der Waals surface area contributed by atoms with Gasteiger partial charge >= 0.3 is 12.0 Å². The molecule has 2 aromatic rings. The van der Waals surface area contributed by atoms with Crippen molar-refractivity contribution in [3.8, 4) is 0 Å². The molecule has 1 aromatic carbocycles. The Morgan fingerprint density at radius 1 is 1.26 bits per heavy atom. The topological polar surface area (TPSA) is 97.4 Å². The number of para-hydroxylation sites is 1. The predicted molar refractivity (Wildman–Crippen MR) is 100 cm³/mol. The molecule has 0 saturated heterocycles. The first-order valence-electron chi connectivity index (χ1n) is 9.04. The molecular weight excluding hydrogens is 346 g/mol. The maximum absolute atomic E-state index is 13.0. The number of carbonyl (C=O) groups is 3. The van der Waals surface area contributed by atoms with E-state index in [0.29, 0.717) is 16.9 Å². The van der Waals surface area contributed by atoms with Crippen LogP contribution in [0.1, 0.15) is 41.9 Å². The number of pyridine rings is 1. The van der Waals surface area contributed by atoms with Crippen molar-refractivity contribution in [2.45, 2.75) is 39.2 Å². The number of aromatic nitrogens is 1. The summed E-state index contributed by atoms with van der Waals surface area (Å²) in [4.78, 5) is 41.0. The van der Waals surface area contributed by atoms with Crippen molar-refractivity contribution >= 4 is 28.8 Å². The van der Waals surface area contributed by atoms with E-state index >= 15 is 0 Å². The zero-order valence-electron chi connectivity index (χ0n) is 15.7. The molecule has 1 aliphatic carbocycles. The number of urea groups is 1. The average Bonchev–Trinajstić information content (AvgIpc) is 2.65. The van der Waals surface area contributed by atoms with Gasteiger partial charge in [0, 0.05) is 18.1 Å². The number of nitrogens with one attached hydrogen (secondary N) is 2. The Morgan fingerprint density at radius 3 is 2.74 bits per heavy atom. The summed E-state index contributed by atoms with van der Waals surface area (Å²) in [5, 5.41) is 5.12. The Balaban J connectivity index is 1.95. The largest absolute Gasteiger partial charge is 0.449 e. The van der Waals surface area contributed by atoms with Crippen LogP contribution in [-0.4, -0.2) is 36.0 Å². The van der Waals surface area contributed by atoms with E-state index in [9.17, 15) is 14.4 Å². The normalized spacial score (nSPS) is 16.9. The molecule has 27 heavy (non-hydrogen) atoms. The quantitative estimate of drug-likeness (QED) is 0.810. The fraction of sp³-hybridized carbons (Fsp3) is 0.400. The number of esters is 1. The molecule has 0 spiro atoms. The van der Waals surface area contributed by atoms with Gasteiger partial charge in [0.2, 0.25) is 0 Å². The smallest absolute Gasteiger partial charge is 0.339 e. The molecular formula is C20H23N3O4. The number of carbonyl (C=O) groups excluding carboxylic acids is 3. The Morgan fingerprint density at radius 2 is 2.00 bits per heavy atom. The van der Waals surface area contributed by atoms with Crippen molar-refractivity contribution < 1.29 is 19.1 Å². The van der Waals surface area contributed by atoms with Crippen LogP contribution in [0.25, 0.3) is 10.9 Å². The molecule has 3 rings (SSSR count). The number of fused-ring (bicyclic) bond motifs is 2. The molecule has 0 aliphatic heterocycles. The highest BCUT2D eigenvalue weighted by atomic mass is 16.5. The first-order valence-corrected chi connectivity index (χ1v) is 9.04. The summed E-state index contributed by atoms with van der Waals surface area (Å²) in [6, 6.07) is 6.78. The molecule has 0 fully saturated rings. The van der Waals surface area contributed by atoms with Crippen molar-refractivity contribution in [3.05, 3.63) is 41.1 Å². The second-order valence-corrected chi connectivity index (χ2v) is 6.89. The second kappa shape index (κ2) is 7.73. The standard InChI is InChI=1S/C20H23N3O4/c1-11-8-9-16-14(10-11)17(13-6-4-5-7-15(13)22-16)19(25)27-12(2)18(24)23-20(26)21-3/h4-7,11-12H,8-10H2,1-3H3,(H2,21,23,24,26).